The summed E-state index contributed by atoms with van der Waals surface area (Å²) < 4.78 is 17.1. The van der Waals surface area contributed by atoms with Crippen LogP contribution in [0.25, 0.3) is 66.8 Å². The van der Waals surface area contributed by atoms with Crippen LogP contribution in [0.1, 0.15) is 20.7 Å². The molecule has 0 unspecified atom stereocenters. The first-order valence-electron chi connectivity index (χ1n) is 13.8. The zero-order chi connectivity index (χ0) is 33.3. The van der Waals surface area contributed by atoms with E-state index in [1.54, 1.807) is 0 Å². The number of aromatic carboxylic acids is 2. The monoisotopic (exact) mass is 650 g/mol. The van der Waals surface area contributed by atoms with Crippen LogP contribution in [0.3, 0.4) is 0 Å². The number of ether oxygens (including phenoxy) is 1. The first-order chi connectivity index (χ1) is 22.5. The van der Waals surface area contributed by atoms with Gasteiger partial charge in [0.05, 0.1) is 18.2 Å². The fourth-order valence-electron chi connectivity index (χ4n) is 5.90. The molecule has 47 heavy (non-hydrogen) atoms. The molecule has 2 heterocycles. The number of benzene rings is 5. The Bertz CT molecular complexity index is 2540. The smallest absolute Gasteiger partial charge is 0.336 e. The van der Waals surface area contributed by atoms with Crippen molar-refractivity contribution in [2.75, 3.05) is 7.11 Å². The van der Waals surface area contributed by atoms with Gasteiger partial charge in [0, 0.05) is 51.2 Å². The van der Waals surface area contributed by atoms with Crippen molar-refractivity contribution in [3.63, 3.8) is 0 Å². The van der Waals surface area contributed by atoms with Gasteiger partial charge < -0.3 is 34.0 Å². The molecule has 2 aliphatic heterocycles. The fraction of sp³-hybridized carbons (Fsp3) is 0.0286. The second kappa shape index (κ2) is 10.6. The second-order valence-corrected chi connectivity index (χ2v) is 11.0. The quantitative estimate of drug-likeness (QED) is 0.142. The Kier molecular flexibility index (Phi) is 6.65. The number of phenolic OH excluding ortho intramolecular Hbond substituents is 2. The molecule has 11 nitrogen and oxygen atoms in total. The van der Waals surface area contributed by atoms with Crippen LogP contribution in [0, 0.1) is 0 Å². The lowest BCUT2D eigenvalue weighted by molar-refractivity contribution is 0.0682. The Labute approximate surface area is 267 Å². The number of hydrogen-bond donors (Lipinski definition) is 4. The van der Waals surface area contributed by atoms with Gasteiger partial charge in [-0.3, -0.25) is 9.59 Å². The van der Waals surface area contributed by atoms with Crippen LogP contribution in [0.2, 0.25) is 5.02 Å². The van der Waals surface area contributed by atoms with Gasteiger partial charge in [-0.25, -0.2) is 9.59 Å². The molecule has 0 saturated carbocycles. The van der Waals surface area contributed by atoms with E-state index in [9.17, 15) is 39.6 Å². The Morgan fingerprint density at radius 3 is 1.79 bits per heavy atom. The molecule has 7 rings (SSSR count). The topological polar surface area (TPSA) is 185 Å². The van der Waals surface area contributed by atoms with Gasteiger partial charge in [-0.1, -0.05) is 11.6 Å². The van der Waals surface area contributed by atoms with Crippen molar-refractivity contribution in [1.29, 1.82) is 0 Å². The second-order valence-electron chi connectivity index (χ2n) is 10.6. The van der Waals surface area contributed by atoms with Crippen LogP contribution in [-0.2, 0) is 0 Å². The Hall–Kier alpha value is -6.33. The van der Waals surface area contributed by atoms with Gasteiger partial charge in [-0.15, -0.1) is 0 Å². The summed E-state index contributed by atoms with van der Waals surface area (Å²) >= 11 is 6.47. The van der Waals surface area contributed by atoms with Gasteiger partial charge in [-0.2, -0.15) is 0 Å². The van der Waals surface area contributed by atoms with Crippen molar-refractivity contribution in [3.05, 3.63) is 109 Å². The molecule has 2 aliphatic carbocycles. The van der Waals surface area contributed by atoms with Crippen molar-refractivity contribution in [2.45, 2.75) is 0 Å². The van der Waals surface area contributed by atoms with Gasteiger partial charge >= 0.3 is 11.9 Å². The molecule has 0 saturated heterocycles. The van der Waals surface area contributed by atoms with E-state index >= 15 is 0 Å². The number of hydrogen-bond acceptors (Lipinski definition) is 9. The summed E-state index contributed by atoms with van der Waals surface area (Å²) in [5.74, 6) is -3.44. The number of carboxylic acid groups (broad SMARTS) is 2. The van der Waals surface area contributed by atoms with E-state index in [1.165, 1.54) is 73.8 Å². The SMILES string of the molecule is COc1cc2c(-c3cc(C(=O)O)c(-c4c5ccc(=O)cc-5oc5cc(O)ccc45)cc3C(=O)O)c3ccc(=O)cc-3oc2c(Cl)c1O. The largest absolute Gasteiger partial charge is 0.508 e. The standard InChI is InChI=1S/C35H19ClO11/c1-45-28-13-24-30(19-7-4-16(39)10-27(19)47-33(24)31(36)32(28)40)21-12-22(34(41)42)20(11-23(21)35(43)44)29-17-5-2-14(37)8-25(17)46-26-9-15(38)3-6-18(26)29/h2-13,37,40H,1H3,(H,41,42)(H,43,44). The summed E-state index contributed by atoms with van der Waals surface area (Å²) in [6.07, 6.45) is 0. The zero-order valence-corrected chi connectivity index (χ0v) is 24.7. The Balaban J connectivity index is 1.67. The lowest BCUT2D eigenvalue weighted by Crippen LogP contribution is -2.09. The predicted octanol–water partition coefficient (Wildman–Crippen LogP) is 6.91. The molecule has 0 fully saturated rings. The number of aromatic hydroxyl groups is 2. The zero-order valence-electron chi connectivity index (χ0n) is 24.0. The number of carbonyl (C=O) groups is 2. The number of fused-ring (bicyclic) bond motifs is 4. The molecule has 232 valence electrons. The van der Waals surface area contributed by atoms with E-state index in [4.69, 9.17) is 25.2 Å². The molecule has 0 radical (unpaired) electrons. The molecule has 0 spiro atoms. The minimum atomic E-state index is -1.42. The number of halogens is 1. The molecule has 3 aromatic carbocycles. The van der Waals surface area contributed by atoms with Crippen molar-refractivity contribution in [3.8, 4) is 62.1 Å². The summed E-state index contributed by atoms with van der Waals surface area (Å²) in [5, 5.41) is 42.2. The highest BCUT2D eigenvalue weighted by molar-refractivity contribution is 6.37. The Morgan fingerprint density at radius 1 is 0.681 bits per heavy atom. The number of rotatable bonds is 5. The van der Waals surface area contributed by atoms with Gasteiger partial charge in [0.25, 0.3) is 0 Å². The van der Waals surface area contributed by atoms with E-state index in [2.05, 4.69) is 0 Å². The van der Waals surface area contributed by atoms with Crippen LogP contribution in [0.15, 0.2) is 91.2 Å². The molecule has 0 atom stereocenters. The summed E-state index contributed by atoms with van der Waals surface area (Å²) in [5.41, 5.74) is -0.591. The van der Waals surface area contributed by atoms with E-state index in [-0.39, 0.29) is 89.0 Å². The molecule has 4 aliphatic rings. The first kappa shape index (κ1) is 29.4. The third-order valence-electron chi connectivity index (χ3n) is 7.92. The highest BCUT2D eigenvalue weighted by atomic mass is 35.5. The minimum absolute atomic E-state index is 0.00126. The van der Waals surface area contributed by atoms with Gasteiger partial charge in [0.2, 0.25) is 0 Å². The highest BCUT2D eigenvalue weighted by Gasteiger charge is 2.29. The van der Waals surface area contributed by atoms with Crippen molar-refractivity contribution >= 4 is 45.5 Å². The maximum atomic E-state index is 13.0. The summed E-state index contributed by atoms with van der Waals surface area (Å²) in [6.45, 7) is 0. The van der Waals surface area contributed by atoms with Crippen LogP contribution in [0.5, 0.6) is 17.2 Å². The lowest BCUT2D eigenvalue weighted by Gasteiger charge is -2.21. The number of phenols is 2. The molecular weight excluding hydrogens is 632 g/mol. The van der Waals surface area contributed by atoms with Gasteiger partial charge in [0.15, 0.2) is 27.9 Å². The van der Waals surface area contributed by atoms with Crippen LogP contribution in [-0.4, -0.2) is 39.5 Å². The number of methoxy groups -OCH3 is 1. The average molecular weight is 651 g/mol. The van der Waals surface area contributed by atoms with Crippen LogP contribution < -0.4 is 15.6 Å². The lowest BCUT2D eigenvalue weighted by atomic mass is 9.84. The molecule has 0 aromatic heterocycles. The normalized spacial score (nSPS) is 11.4. The van der Waals surface area contributed by atoms with E-state index < -0.39 is 23.1 Å². The maximum absolute atomic E-state index is 13.0. The molecule has 0 amide bonds. The fourth-order valence-corrected chi connectivity index (χ4v) is 6.13. The molecule has 0 bridgehead atoms. The maximum Gasteiger partial charge on any atom is 0.336 e. The third kappa shape index (κ3) is 4.60. The van der Waals surface area contributed by atoms with Crippen molar-refractivity contribution in [2.24, 2.45) is 0 Å². The van der Waals surface area contributed by atoms with Gasteiger partial charge in [0.1, 0.15) is 27.9 Å². The van der Waals surface area contributed by atoms with E-state index in [1.807, 2.05) is 0 Å². The molecule has 4 N–H and O–H groups in total. The molecule has 3 aromatic rings. The van der Waals surface area contributed by atoms with Gasteiger partial charge in [-0.05, 0) is 65.7 Å². The van der Waals surface area contributed by atoms with Crippen molar-refractivity contribution < 1.29 is 43.6 Å². The summed E-state index contributed by atoms with van der Waals surface area (Å²) in [6, 6.07) is 15.7. The Morgan fingerprint density at radius 2 is 1.23 bits per heavy atom. The minimum Gasteiger partial charge on any atom is -0.508 e. The molecule has 12 heteroatoms. The summed E-state index contributed by atoms with van der Waals surface area (Å²) in [4.78, 5) is 50.6. The third-order valence-corrected chi connectivity index (χ3v) is 8.27. The van der Waals surface area contributed by atoms with E-state index in [0.29, 0.717) is 10.9 Å². The number of carboxylic acids is 2. The van der Waals surface area contributed by atoms with Crippen LogP contribution in [0.4, 0.5) is 0 Å². The average Bonchev–Trinajstić information content (AvgIpc) is 3.03. The van der Waals surface area contributed by atoms with Crippen LogP contribution >= 0.6 is 11.6 Å². The first-order valence-corrected chi connectivity index (χ1v) is 14.2. The highest BCUT2D eigenvalue weighted by Crippen LogP contribution is 2.50. The predicted molar refractivity (Wildman–Crippen MR) is 171 cm³/mol. The van der Waals surface area contributed by atoms with E-state index in [0.717, 1.165) is 6.07 Å². The van der Waals surface area contributed by atoms with Crippen molar-refractivity contribution in [1.82, 2.24) is 0 Å². The summed E-state index contributed by atoms with van der Waals surface area (Å²) in [7, 11) is 1.29. The molecular formula is C35H19ClO11.